The number of furan rings is 1. The molecule has 5 heteroatoms. The first-order valence-corrected chi connectivity index (χ1v) is 8.01. The summed E-state index contributed by atoms with van der Waals surface area (Å²) in [5.41, 5.74) is 2.10. The van der Waals surface area contributed by atoms with Gasteiger partial charge in [-0.25, -0.2) is 5.01 Å². The second kappa shape index (κ2) is 6.28. The molecule has 4 rings (SSSR count). The fourth-order valence-electron chi connectivity index (χ4n) is 2.97. The van der Waals surface area contributed by atoms with Crippen LogP contribution in [0.4, 0.5) is 0 Å². The molecule has 1 atom stereocenters. The molecule has 0 radical (unpaired) electrons. The van der Waals surface area contributed by atoms with Gasteiger partial charge in [-0.1, -0.05) is 30.3 Å². The molecule has 1 aliphatic rings. The molecule has 0 aliphatic carbocycles. The summed E-state index contributed by atoms with van der Waals surface area (Å²) in [5, 5.41) is 15.7. The highest BCUT2D eigenvalue weighted by atomic mass is 16.3. The number of phenolic OH excluding ortho intramolecular Hbond substituents is 1. The fourth-order valence-corrected chi connectivity index (χ4v) is 2.97. The number of hydrogen-bond donors (Lipinski definition) is 1. The van der Waals surface area contributed by atoms with Gasteiger partial charge in [0, 0.05) is 17.5 Å². The van der Waals surface area contributed by atoms with Crippen molar-refractivity contribution in [2.45, 2.75) is 12.5 Å². The Kier molecular flexibility index (Phi) is 3.82. The van der Waals surface area contributed by atoms with Crippen LogP contribution in [0, 0.1) is 0 Å². The second-order valence-corrected chi connectivity index (χ2v) is 5.85. The first-order chi connectivity index (χ1) is 12.2. The molecule has 0 unspecified atom stereocenters. The van der Waals surface area contributed by atoms with Crippen molar-refractivity contribution in [2.24, 2.45) is 5.10 Å². The Labute approximate surface area is 144 Å². The Morgan fingerprint density at radius 3 is 2.64 bits per heavy atom. The van der Waals surface area contributed by atoms with E-state index in [0.717, 1.165) is 11.3 Å². The summed E-state index contributed by atoms with van der Waals surface area (Å²) in [6, 6.07) is 19.3. The Morgan fingerprint density at radius 2 is 1.92 bits per heavy atom. The average Bonchev–Trinajstić information content (AvgIpc) is 3.31. The average molecular weight is 332 g/mol. The second-order valence-electron chi connectivity index (χ2n) is 5.85. The van der Waals surface area contributed by atoms with Crippen LogP contribution < -0.4 is 0 Å². The summed E-state index contributed by atoms with van der Waals surface area (Å²) in [5.74, 6) is 0.669. The number of aromatic hydroxyl groups is 1. The Morgan fingerprint density at radius 1 is 1.08 bits per heavy atom. The molecule has 1 amide bonds. The molecule has 0 saturated heterocycles. The van der Waals surface area contributed by atoms with Gasteiger partial charge in [0.25, 0.3) is 5.91 Å². The summed E-state index contributed by atoms with van der Waals surface area (Å²) in [6.07, 6.45) is 2.11. The number of phenols is 1. The zero-order chi connectivity index (χ0) is 17.2. The van der Waals surface area contributed by atoms with E-state index in [-0.39, 0.29) is 17.7 Å². The van der Waals surface area contributed by atoms with Crippen molar-refractivity contribution in [3.63, 3.8) is 0 Å². The zero-order valence-electron chi connectivity index (χ0n) is 13.4. The summed E-state index contributed by atoms with van der Waals surface area (Å²) in [4.78, 5) is 12.9. The maximum Gasteiger partial charge on any atom is 0.274 e. The van der Waals surface area contributed by atoms with E-state index >= 15 is 0 Å². The number of hydrazone groups is 1. The van der Waals surface area contributed by atoms with Crippen molar-refractivity contribution in [1.29, 1.82) is 0 Å². The first-order valence-electron chi connectivity index (χ1n) is 8.01. The van der Waals surface area contributed by atoms with E-state index in [1.807, 2.05) is 30.3 Å². The minimum atomic E-state index is -0.306. The summed E-state index contributed by atoms with van der Waals surface area (Å²) < 4.78 is 5.53. The number of amides is 1. The Balaban J connectivity index is 1.73. The maximum absolute atomic E-state index is 12.9. The molecule has 1 aromatic heterocycles. The molecule has 1 aliphatic heterocycles. The van der Waals surface area contributed by atoms with E-state index in [0.29, 0.717) is 17.7 Å². The van der Waals surface area contributed by atoms with Gasteiger partial charge in [-0.15, -0.1) is 0 Å². The third-order valence-corrected chi connectivity index (χ3v) is 4.19. The van der Waals surface area contributed by atoms with Crippen molar-refractivity contribution in [3.05, 3.63) is 89.9 Å². The monoisotopic (exact) mass is 332 g/mol. The van der Waals surface area contributed by atoms with Gasteiger partial charge in [0.1, 0.15) is 17.6 Å². The largest absolute Gasteiger partial charge is 0.508 e. The van der Waals surface area contributed by atoms with Crippen molar-refractivity contribution >= 4 is 11.6 Å². The predicted octanol–water partition coefficient (Wildman–Crippen LogP) is 3.98. The van der Waals surface area contributed by atoms with Crippen LogP contribution in [0.25, 0.3) is 0 Å². The number of carbonyl (C=O) groups is 1. The highest BCUT2D eigenvalue weighted by Crippen LogP contribution is 2.34. The van der Waals surface area contributed by atoms with Gasteiger partial charge in [-0.3, -0.25) is 4.79 Å². The molecule has 5 nitrogen and oxygen atoms in total. The van der Waals surface area contributed by atoms with Crippen LogP contribution in [-0.4, -0.2) is 21.7 Å². The van der Waals surface area contributed by atoms with Gasteiger partial charge < -0.3 is 9.52 Å². The molecular formula is C20H16N2O3. The van der Waals surface area contributed by atoms with E-state index in [1.165, 1.54) is 5.01 Å². The molecule has 3 aromatic rings. The highest BCUT2D eigenvalue weighted by Gasteiger charge is 2.35. The standard InChI is InChI=1S/C20H16N2O3/c23-16-9-4-8-15(12-16)17-13-18(19-10-5-11-25-19)22(21-17)20(24)14-6-2-1-3-7-14/h1-12,18,23H,13H2/t18-/m1/s1. The third-order valence-electron chi connectivity index (χ3n) is 4.19. The van der Waals surface area contributed by atoms with Crippen molar-refractivity contribution < 1.29 is 14.3 Å². The van der Waals surface area contributed by atoms with Gasteiger partial charge in [0.15, 0.2) is 0 Å². The highest BCUT2D eigenvalue weighted by molar-refractivity contribution is 6.05. The molecule has 2 aromatic carbocycles. The van der Waals surface area contributed by atoms with Crippen LogP contribution in [0.2, 0.25) is 0 Å². The predicted molar refractivity (Wildman–Crippen MR) is 93.3 cm³/mol. The number of carbonyl (C=O) groups excluding carboxylic acids is 1. The van der Waals surface area contributed by atoms with Gasteiger partial charge in [-0.05, 0) is 36.4 Å². The fraction of sp³-hybridized carbons (Fsp3) is 0.100. The van der Waals surface area contributed by atoms with Crippen LogP contribution in [0.15, 0.2) is 82.5 Å². The third kappa shape index (κ3) is 2.92. The van der Waals surface area contributed by atoms with Crippen LogP contribution in [0.5, 0.6) is 5.75 Å². The van der Waals surface area contributed by atoms with Crippen LogP contribution in [0.1, 0.15) is 34.1 Å². The van der Waals surface area contributed by atoms with Crippen molar-refractivity contribution in [3.8, 4) is 5.75 Å². The summed E-state index contributed by atoms with van der Waals surface area (Å²) >= 11 is 0. The lowest BCUT2D eigenvalue weighted by molar-refractivity contribution is 0.0693. The van der Waals surface area contributed by atoms with E-state index in [9.17, 15) is 9.90 Å². The van der Waals surface area contributed by atoms with Gasteiger partial charge >= 0.3 is 0 Å². The van der Waals surface area contributed by atoms with Crippen molar-refractivity contribution in [1.82, 2.24) is 5.01 Å². The quantitative estimate of drug-likeness (QED) is 0.789. The van der Waals surface area contributed by atoms with Gasteiger partial charge in [0.05, 0.1) is 12.0 Å². The number of rotatable bonds is 3. The normalized spacial score (nSPS) is 16.7. The van der Waals surface area contributed by atoms with E-state index in [1.54, 1.807) is 42.7 Å². The molecule has 0 fully saturated rings. The van der Waals surface area contributed by atoms with E-state index in [4.69, 9.17) is 4.42 Å². The lowest BCUT2D eigenvalue weighted by Crippen LogP contribution is -2.26. The van der Waals surface area contributed by atoms with Crippen LogP contribution in [0.3, 0.4) is 0 Å². The number of benzene rings is 2. The molecule has 0 bridgehead atoms. The lowest BCUT2D eigenvalue weighted by Gasteiger charge is -2.19. The number of nitrogens with zero attached hydrogens (tertiary/aromatic N) is 2. The number of hydrogen-bond acceptors (Lipinski definition) is 4. The Bertz CT molecular complexity index is 917. The van der Waals surface area contributed by atoms with Gasteiger partial charge in [-0.2, -0.15) is 5.10 Å². The topological polar surface area (TPSA) is 66.0 Å². The molecule has 0 spiro atoms. The molecule has 25 heavy (non-hydrogen) atoms. The molecule has 1 N–H and O–H groups in total. The van der Waals surface area contributed by atoms with Crippen LogP contribution >= 0.6 is 0 Å². The van der Waals surface area contributed by atoms with E-state index in [2.05, 4.69) is 5.10 Å². The molecule has 0 saturated carbocycles. The molecular weight excluding hydrogens is 316 g/mol. The smallest absolute Gasteiger partial charge is 0.274 e. The lowest BCUT2D eigenvalue weighted by atomic mass is 10.0. The SMILES string of the molecule is O=C(c1ccccc1)N1N=C(c2cccc(O)c2)C[C@@H]1c1ccco1. The first kappa shape index (κ1) is 15.2. The van der Waals surface area contributed by atoms with Crippen LogP contribution in [-0.2, 0) is 0 Å². The summed E-state index contributed by atoms with van der Waals surface area (Å²) in [7, 11) is 0. The van der Waals surface area contributed by atoms with Gasteiger partial charge in [0.2, 0.25) is 0 Å². The molecule has 124 valence electrons. The van der Waals surface area contributed by atoms with Crippen molar-refractivity contribution in [2.75, 3.05) is 0 Å². The minimum absolute atomic E-state index is 0.169. The summed E-state index contributed by atoms with van der Waals surface area (Å²) in [6.45, 7) is 0. The Hall–Kier alpha value is -3.34. The van der Waals surface area contributed by atoms with E-state index < -0.39 is 0 Å². The maximum atomic E-state index is 12.9. The zero-order valence-corrected chi connectivity index (χ0v) is 13.4. The molecule has 2 heterocycles. The minimum Gasteiger partial charge on any atom is -0.508 e.